The number of halogens is 1. The van der Waals surface area contributed by atoms with Gasteiger partial charge in [0.15, 0.2) is 0 Å². The first kappa shape index (κ1) is 17.9. The Labute approximate surface area is 153 Å². The van der Waals surface area contributed by atoms with E-state index in [1.54, 1.807) is 7.11 Å². The number of fused-ring (bicyclic) bond motifs is 3. The van der Waals surface area contributed by atoms with Crippen molar-refractivity contribution >= 4 is 26.8 Å². The molecule has 1 heterocycles. The topological polar surface area (TPSA) is 40.3 Å². The number of hydrogen-bond donors (Lipinski definition) is 2. The molecule has 0 amide bonds. The molecule has 0 aliphatic heterocycles. The summed E-state index contributed by atoms with van der Waals surface area (Å²) in [5.41, 5.74) is 4.16. The molecule has 0 radical (unpaired) electrons. The normalized spacial score (nSPS) is 17.6. The molecule has 1 aliphatic carbocycles. The molecule has 1 aromatic heterocycles. The van der Waals surface area contributed by atoms with E-state index >= 15 is 0 Å². The standard InChI is InChI=1S/C19H28BrN3O/c1-3-23(11-12-24-2)10-9-21-18-6-4-5-15-16-13-14(20)7-8-17(16)22-19(15)18/h7-8,13,18,21-22H,3-6,9-12H2,1-2H3. The van der Waals surface area contributed by atoms with Gasteiger partial charge in [-0.25, -0.2) is 0 Å². The Hall–Kier alpha value is -0.880. The Bertz CT molecular complexity index is 670. The lowest BCUT2D eigenvalue weighted by atomic mass is 9.92. The molecule has 0 fully saturated rings. The molecule has 0 saturated heterocycles. The van der Waals surface area contributed by atoms with Crippen molar-refractivity contribution in [3.8, 4) is 0 Å². The maximum atomic E-state index is 5.19. The van der Waals surface area contributed by atoms with Gasteiger partial charge in [0.05, 0.1) is 6.61 Å². The fourth-order valence-corrected chi connectivity index (χ4v) is 4.05. The van der Waals surface area contributed by atoms with Gasteiger partial charge in [0, 0.05) is 53.9 Å². The van der Waals surface area contributed by atoms with Gasteiger partial charge in [-0.2, -0.15) is 0 Å². The van der Waals surface area contributed by atoms with Crippen LogP contribution in [0.1, 0.15) is 37.1 Å². The van der Waals surface area contributed by atoms with Crippen molar-refractivity contribution < 1.29 is 4.74 Å². The van der Waals surface area contributed by atoms with Gasteiger partial charge in [-0.3, -0.25) is 0 Å². The van der Waals surface area contributed by atoms with Crippen molar-refractivity contribution in [1.29, 1.82) is 0 Å². The highest BCUT2D eigenvalue weighted by atomic mass is 79.9. The number of rotatable bonds is 8. The molecule has 2 aromatic rings. The van der Waals surface area contributed by atoms with E-state index in [9.17, 15) is 0 Å². The molecule has 1 atom stereocenters. The number of benzene rings is 1. The summed E-state index contributed by atoms with van der Waals surface area (Å²) < 4.78 is 6.35. The van der Waals surface area contributed by atoms with Crippen LogP contribution < -0.4 is 5.32 Å². The van der Waals surface area contributed by atoms with Crippen LogP contribution in [0, 0.1) is 0 Å². The molecule has 24 heavy (non-hydrogen) atoms. The van der Waals surface area contributed by atoms with Crippen molar-refractivity contribution in [2.75, 3.05) is 39.9 Å². The smallest absolute Gasteiger partial charge is 0.0589 e. The van der Waals surface area contributed by atoms with Gasteiger partial charge in [-0.05, 0) is 49.6 Å². The molecule has 1 aromatic carbocycles. The van der Waals surface area contributed by atoms with Crippen LogP contribution >= 0.6 is 15.9 Å². The van der Waals surface area contributed by atoms with E-state index < -0.39 is 0 Å². The molecule has 2 N–H and O–H groups in total. The number of hydrogen-bond acceptors (Lipinski definition) is 3. The minimum absolute atomic E-state index is 0.445. The number of nitrogens with zero attached hydrogens (tertiary/aromatic N) is 1. The number of likely N-dealkylation sites (N-methyl/N-ethyl adjacent to an activating group) is 1. The molecule has 132 valence electrons. The number of aromatic amines is 1. The van der Waals surface area contributed by atoms with Crippen LogP contribution in [0.5, 0.6) is 0 Å². The summed E-state index contributed by atoms with van der Waals surface area (Å²) in [6.07, 6.45) is 3.65. The average Bonchev–Trinajstić information content (AvgIpc) is 2.96. The van der Waals surface area contributed by atoms with Gasteiger partial charge in [-0.15, -0.1) is 0 Å². The highest BCUT2D eigenvalue weighted by Crippen LogP contribution is 2.35. The Morgan fingerprint density at radius 3 is 3.04 bits per heavy atom. The van der Waals surface area contributed by atoms with Crippen molar-refractivity contribution in [3.05, 3.63) is 33.9 Å². The van der Waals surface area contributed by atoms with E-state index in [0.717, 1.165) is 37.3 Å². The van der Waals surface area contributed by atoms with Gasteiger partial charge >= 0.3 is 0 Å². The van der Waals surface area contributed by atoms with Crippen LogP contribution in [0.3, 0.4) is 0 Å². The molecule has 5 heteroatoms. The molecular formula is C19H28BrN3O. The summed E-state index contributed by atoms with van der Waals surface area (Å²) in [6, 6.07) is 6.98. The molecule has 0 saturated carbocycles. The number of H-pyrrole nitrogens is 1. The third kappa shape index (κ3) is 4.02. The van der Waals surface area contributed by atoms with Crippen molar-refractivity contribution in [2.24, 2.45) is 0 Å². The minimum atomic E-state index is 0.445. The zero-order valence-corrected chi connectivity index (χ0v) is 16.3. The first-order chi connectivity index (χ1) is 11.7. The van der Waals surface area contributed by atoms with Crippen LogP contribution in [0.25, 0.3) is 10.9 Å². The van der Waals surface area contributed by atoms with Gasteiger partial charge < -0.3 is 19.9 Å². The Morgan fingerprint density at radius 2 is 2.25 bits per heavy atom. The lowest BCUT2D eigenvalue weighted by Crippen LogP contribution is -2.36. The predicted molar refractivity (Wildman–Crippen MR) is 104 cm³/mol. The number of aromatic nitrogens is 1. The largest absolute Gasteiger partial charge is 0.383 e. The van der Waals surface area contributed by atoms with Crippen molar-refractivity contribution in [3.63, 3.8) is 0 Å². The third-order valence-corrected chi connectivity index (χ3v) is 5.54. The number of methoxy groups -OCH3 is 1. The molecule has 3 rings (SSSR count). The van der Waals surface area contributed by atoms with E-state index in [1.165, 1.54) is 41.4 Å². The highest BCUT2D eigenvalue weighted by Gasteiger charge is 2.23. The Morgan fingerprint density at radius 1 is 1.38 bits per heavy atom. The second-order valence-electron chi connectivity index (χ2n) is 6.53. The molecule has 1 aliphatic rings. The maximum Gasteiger partial charge on any atom is 0.0589 e. The summed E-state index contributed by atoms with van der Waals surface area (Å²) in [6.45, 7) is 7.17. The lowest BCUT2D eigenvalue weighted by Gasteiger charge is -2.26. The first-order valence-electron chi connectivity index (χ1n) is 8.97. The summed E-state index contributed by atoms with van der Waals surface area (Å²) >= 11 is 3.60. The van der Waals surface area contributed by atoms with E-state index in [2.05, 4.69) is 56.3 Å². The van der Waals surface area contributed by atoms with Crippen LogP contribution in [-0.2, 0) is 11.2 Å². The zero-order valence-electron chi connectivity index (χ0n) is 14.7. The monoisotopic (exact) mass is 393 g/mol. The van der Waals surface area contributed by atoms with Gasteiger partial charge in [0.25, 0.3) is 0 Å². The molecule has 0 spiro atoms. The Balaban J connectivity index is 1.65. The fraction of sp³-hybridized carbons (Fsp3) is 0.579. The second kappa shape index (κ2) is 8.48. The third-order valence-electron chi connectivity index (χ3n) is 5.05. The molecular weight excluding hydrogens is 366 g/mol. The van der Waals surface area contributed by atoms with Crippen LogP contribution in [0.4, 0.5) is 0 Å². The predicted octanol–water partition coefficient (Wildman–Crippen LogP) is 3.87. The summed E-state index contributed by atoms with van der Waals surface area (Å²) in [4.78, 5) is 6.10. The van der Waals surface area contributed by atoms with Crippen LogP contribution in [-0.4, -0.2) is 49.8 Å². The van der Waals surface area contributed by atoms with Crippen LogP contribution in [0.2, 0.25) is 0 Å². The maximum absolute atomic E-state index is 5.19. The quantitative estimate of drug-likeness (QED) is 0.714. The van der Waals surface area contributed by atoms with Crippen molar-refractivity contribution in [2.45, 2.75) is 32.2 Å². The summed E-state index contributed by atoms with van der Waals surface area (Å²) in [5.74, 6) is 0. The van der Waals surface area contributed by atoms with E-state index in [1.807, 2.05) is 0 Å². The zero-order chi connectivity index (χ0) is 16.9. The van der Waals surface area contributed by atoms with Gasteiger partial charge in [-0.1, -0.05) is 22.9 Å². The number of aryl methyl sites for hydroxylation is 1. The lowest BCUT2D eigenvalue weighted by molar-refractivity contribution is 0.150. The van der Waals surface area contributed by atoms with Crippen molar-refractivity contribution in [1.82, 2.24) is 15.2 Å². The summed E-state index contributed by atoms with van der Waals surface area (Å²) in [7, 11) is 1.77. The van der Waals surface area contributed by atoms with Gasteiger partial charge in [0.1, 0.15) is 0 Å². The van der Waals surface area contributed by atoms with Gasteiger partial charge in [0.2, 0.25) is 0 Å². The van der Waals surface area contributed by atoms with E-state index in [-0.39, 0.29) is 0 Å². The highest BCUT2D eigenvalue weighted by molar-refractivity contribution is 9.10. The van der Waals surface area contributed by atoms with Crippen LogP contribution in [0.15, 0.2) is 22.7 Å². The first-order valence-corrected chi connectivity index (χ1v) is 9.77. The molecule has 1 unspecified atom stereocenters. The minimum Gasteiger partial charge on any atom is -0.383 e. The average molecular weight is 394 g/mol. The second-order valence-corrected chi connectivity index (χ2v) is 7.45. The number of nitrogens with one attached hydrogen (secondary N) is 2. The fourth-order valence-electron chi connectivity index (χ4n) is 3.68. The van der Waals surface area contributed by atoms with E-state index in [0.29, 0.717) is 6.04 Å². The number of ether oxygens (including phenoxy) is 1. The molecule has 0 bridgehead atoms. The van der Waals surface area contributed by atoms with E-state index in [4.69, 9.17) is 4.74 Å². The Kier molecular flexibility index (Phi) is 6.33. The summed E-state index contributed by atoms with van der Waals surface area (Å²) in [5, 5.41) is 5.15. The SMILES string of the molecule is CCN(CCNC1CCCc2c1[nH]c1ccc(Br)cc21)CCOC. The molecule has 4 nitrogen and oxygen atoms in total.